The maximum absolute atomic E-state index is 5.12. The van der Waals surface area contributed by atoms with E-state index in [1.807, 2.05) is 37.4 Å². The van der Waals surface area contributed by atoms with Crippen LogP contribution in [0, 0.1) is 6.92 Å². The normalized spacial score (nSPS) is 12.4. The van der Waals surface area contributed by atoms with Crippen molar-refractivity contribution in [3.8, 4) is 5.75 Å². The number of methoxy groups -OCH3 is 1. The van der Waals surface area contributed by atoms with E-state index in [-0.39, 0.29) is 6.04 Å². The number of hydrogen-bond acceptors (Lipinski definition) is 2. The minimum atomic E-state index is 0.0760. The van der Waals surface area contributed by atoms with Gasteiger partial charge in [-0.05, 0) is 31.2 Å². The number of nitrogens with zero attached hydrogens (tertiary/aromatic N) is 1. The van der Waals surface area contributed by atoms with E-state index in [0.717, 1.165) is 22.8 Å². The SMILES string of the molecule is COc1ccc(C([NH3+])c2cnc(C)[nH]2)cc1. The molecule has 0 radical (unpaired) electrons. The van der Waals surface area contributed by atoms with E-state index in [4.69, 9.17) is 4.74 Å². The van der Waals surface area contributed by atoms with E-state index in [0.29, 0.717) is 0 Å². The van der Waals surface area contributed by atoms with Gasteiger partial charge in [0.05, 0.1) is 19.0 Å². The lowest BCUT2D eigenvalue weighted by atomic mass is 10.1. The van der Waals surface area contributed by atoms with Crippen molar-refractivity contribution in [2.75, 3.05) is 7.11 Å². The molecule has 16 heavy (non-hydrogen) atoms. The predicted octanol–water partition coefficient (Wildman–Crippen LogP) is 1.06. The molecule has 4 heteroatoms. The number of benzene rings is 1. The molecular weight excluding hydrogens is 202 g/mol. The number of nitrogens with one attached hydrogen (secondary N) is 1. The summed E-state index contributed by atoms with van der Waals surface area (Å²) in [6.07, 6.45) is 1.83. The molecule has 0 saturated carbocycles. The van der Waals surface area contributed by atoms with Crippen LogP contribution >= 0.6 is 0 Å². The number of imidazole rings is 1. The topological polar surface area (TPSA) is 65.6 Å². The molecule has 1 atom stereocenters. The van der Waals surface area contributed by atoms with Crippen molar-refractivity contribution in [3.63, 3.8) is 0 Å². The van der Waals surface area contributed by atoms with Crippen molar-refractivity contribution in [3.05, 3.63) is 47.5 Å². The van der Waals surface area contributed by atoms with E-state index in [9.17, 15) is 0 Å². The number of H-pyrrole nitrogens is 1. The number of rotatable bonds is 3. The molecule has 0 spiro atoms. The fraction of sp³-hybridized carbons (Fsp3) is 0.250. The molecule has 0 aliphatic carbocycles. The number of aryl methyl sites for hydroxylation is 1. The van der Waals surface area contributed by atoms with Crippen molar-refractivity contribution in [2.45, 2.75) is 13.0 Å². The third-order valence-electron chi connectivity index (χ3n) is 2.62. The first-order valence-corrected chi connectivity index (χ1v) is 5.19. The van der Waals surface area contributed by atoms with Gasteiger partial charge in [-0.2, -0.15) is 0 Å². The van der Waals surface area contributed by atoms with Crippen LogP contribution in [0.4, 0.5) is 0 Å². The summed E-state index contributed by atoms with van der Waals surface area (Å²) in [5, 5.41) is 0. The first-order valence-electron chi connectivity index (χ1n) is 5.19. The molecule has 1 heterocycles. The van der Waals surface area contributed by atoms with Crippen LogP contribution in [0.1, 0.15) is 23.1 Å². The van der Waals surface area contributed by atoms with E-state index >= 15 is 0 Å². The van der Waals surface area contributed by atoms with Gasteiger partial charge in [-0.25, -0.2) is 4.98 Å². The Bertz CT molecular complexity index is 461. The maximum atomic E-state index is 5.12. The zero-order chi connectivity index (χ0) is 11.5. The monoisotopic (exact) mass is 218 g/mol. The highest BCUT2D eigenvalue weighted by Gasteiger charge is 2.14. The van der Waals surface area contributed by atoms with E-state index in [2.05, 4.69) is 15.7 Å². The lowest BCUT2D eigenvalue weighted by Gasteiger charge is -2.07. The van der Waals surface area contributed by atoms with Gasteiger partial charge in [0.15, 0.2) is 6.04 Å². The molecule has 2 aromatic rings. The molecule has 0 fully saturated rings. The number of hydrogen-bond donors (Lipinski definition) is 2. The van der Waals surface area contributed by atoms with E-state index in [1.165, 1.54) is 0 Å². The van der Waals surface area contributed by atoms with Crippen LogP contribution in [0.25, 0.3) is 0 Å². The quantitative estimate of drug-likeness (QED) is 0.809. The Hall–Kier alpha value is -1.81. The van der Waals surface area contributed by atoms with Crippen LogP contribution in [0.5, 0.6) is 5.75 Å². The molecule has 1 aromatic heterocycles. The Kier molecular flexibility index (Phi) is 2.92. The van der Waals surface area contributed by atoms with Crippen molar-refractivity contribution < 1.29 is 10.5 Å². The molecule has 0 aliphatic rings. The Labute approximate surface area is 94.5 Å². The summed E-state index contributed by atoms with van der Waals surface area (Å²) in [5.41, 5.74) is 6.31. The largest absolute Gasteiger partial charge is 0.497 e. The van der Waals surface area contributed by atoms with Crippen molar-refractivity contribution in [1.82, 2.24) is 9.97 Å². The summed E-state index contributed by atoms with van der Waals surface area (Å²) in [6, 6.07) is 8.00. The minimum Gasteiger partial charge on any atom is -0.497 e. The summed E-state index contributed by atoms with van der Waals surface area (Å²) in [5.74, 6) is 1.77. The third kappa shape index (κ3) is 2.06. The van der Waals surface area contributed by atoms with Crippen LogP contribution in [0.15, 0.2) is 30.5 Å². The average molecular weight is 218 g/mol. The zero-order valence-electron chi connectivity index (χ0n) is 9.53. The highest BCUT2D eigenvalue weighted by molar-refractivity contribution is 5.31. The number of aromatic amines is 1. The van der Waals surface area contributed by atoms with Crippen LogP contribution in [0.2, 0.25) is 0 Å². The molecule has 84 valence electrons. The van der Waals surface area contributed by atoms with Crippen molar-refractivity contribution in [1.29, 1.82) is 0 Å². The number of aromatic nitrogens is 2. The lowest BCUT2D eigenvalue weighted by molar-refractivity contribution is -0.412. The van der Waals surface area contributed by atoms with Crippen molar-refractivity contribution in [2.24, 2.45) is 0 Å². The Balaban J connectivity index is 2.23. The molecule has 0 amide bonds. The molecule has 2 rings (SSSR count). The smallest absolute Gasteiger partial charge is 0.152 e. The summed E-state index contributed by atoms with van der Waals surface area (Å²) in [4.78, 5) is 7.37. The first kappa shape index (κ1) is 10.7. The van der Waals surface area contributed by atoms with Gasteiger partial charge in [0.1, 0.15) is 11.6 Å². The second-order valence-corrected chi connectivity index (χ2v) is 3.75. The number of ether oxygens (including phenoxy) is 1. The molecule has 0 aliphatic heterocycles. The average Bonchev–Trinajstić information content (AvgIpc) is 2.75. The van der Waals surface area contributed by atoms with Gasteiger partial charge in [-0.1, -0.05) is 0 Å². The first-order chi connectivity index (χ1) is 7.70. The van der Waals surface area contributed by atoms with Gasteiger partial charge >= 0.3 is 0 Å². The zero-order valence-corrected chi connectivity index (χ0v) is 9.53. The molecule has 0 saturated heterocycles. The highest BCUT2D eigenvalue weighted by Crippen LogP contribution is 2.19. The number of quaternary nitrogens is 1. The van der Waals surface area contributed by atoms with Gasteiger partial charge in [-0.3, -0.25) is 0 Å². The van der Waals surface area contributed by atoms with Gasteiger partial charge in [0.25, 0.3) is 0 Å². The fourth-order valence-electron chi connectivity index (χ4n) is 1.63. The van der Waals surface area contributed by atoms with Crippen molar-refractivity contribution >= 4 is 0 Å². The maximum Gasteiger partial charge on any atom is 0.152 e. The van der Waals surface area contributed by atoms with Crippen LogP contribution in [0.3, 0.4) is 0 Å². The molecule has 0 bridgehead atoms. The second-order valence-electron chi connectivity index (χ2n) is 3.75. The Morgan fingerprint density at radius 3 is 2.50 bits per heavy atom. The summed E-state index contributed by atoms with van der Waals surface area (Å²) in [6.45, 7) is 1.93. The Morgan fingerprint density at radius 1 is 1.31 bits per heavy atom. The van der Waals surface area contributed by atoms with Crippen LogP contribution in [-0.4, -0.2) is 17.1 Å². The molecule has 4 N–H and O–H groups in total. The lowest BCUT2D eigenvalue weighted by Crippen LogP contribution is -2.54. The van der Waals surface area contributed by atoms with Crippen LogP contribution < -0.4 is 10.5 Å². The third-order valence-corrected chi connectivity index (χ3v) is 2.62. The van der Waals surface area contributed by atoms with Gasteiger partial charge in [0.2, 0.25) is 0 Å². The summed E-state index contributed by atoms with van der Waals surface area (Å²) >= 11 is 0. The summed E-state index contributed by atoms with van der Waals surface area (Å²) in [7, 11) is 1.66. The van der Waals surface area contributed by atoms with Crippen LogP contribution in [-0.2, 0) is 0 Å². The second kappa shape index (κ2) is 4.37. The molecule has 4 nitrogen and oxygen atoms in total. The van der Waals surface area contributed by atoms with Gasteiger partial charge in [-0.15, -0.1) is 0 Å². The van der Waals surface area contributed by atoms with Gasteiger partial charge in [0, 0.05) is 5.56 Å². The fourth-order valence-corrected chi connectivity index (χ4v) is 1.63. The summed E-state index contributed by atoms with van der Waals surface area (Å²) < 4.78 is 5.12. The molecule has 1 unspecified atom stereocenters. The minimum absolute atomic E-state index is 0.0760. The predicted molar refractivity (Wildman–Crippen MR) is 61.0 cm³/mol. The standard InChI is InChI=1S/C12H15N3O/c1-8-14-7-11(15-8)12(13)9-3-5-10(16-2)6-4-9/h3-7,12H,13H2,1-2H3,(H,14,15)/p+1. The molecule has 1 aromatic carbocycles. The van der Waals surface area contributed by atoms with E-state index in [1.54, 1.807) is 7.11 Å². The Morgan fingerprint density at radius 2 is 2.00 bits per heavy atom. The highest BCUT2D eigenvalue weighted by atomic mass is 16.5. The molecular formula is C12H16N3O+. The van der Waals surface area contributed by atoms with E-state index < -0.39 is 0 Å². The van der Waals surface area contributed by atoms with Gasteiger partial charge < -0.3 is 15.5 Å².